The number of nitrogens with two attached hydrogens (primary N) is 1. The topological polar surface area (TPSA) is 93.9 Å². The molecule has 1 fully saturated rings. The van der Waals surface area contributed by atoms with Gasteiger partial charge in [0.25, 0.3) is 5.91 Å². The Hall–Kier alpha value is -1.34. The maximum atomic E-state index is 12.5. The van der Waals surface area contributed by atoms with Gasteiger partial charge < -0.3 is 9.47 Å². The molecule has 0 aromatic carbocycles. The van der Waals surface area contributed by atoms with Crippen molar-refractivity contribution in [2.45, 2.75) is 71.9 Å². The van der Waals surface area contributed by atoms with Crippen LogP contribution in [0.4, 0.5) is 4.79 Å². The van der Waals surface area contributed by atoms with Crippen LogP contribution in [0.2, 0.25) is 0 Å². The van der Waals surface area contributed by atoms with E-state index in [9.17, 15) is 9.59 Å². The first-order chi connectivity index (χ1) is 9.40. The van der Waals surface area contributed by atoms with Crippen molar-refractivity contribution in [3.63, 3.8) is 0 Å². The van der Waals surface area contributed by atoms with Crippen LogP contribution in [-0.2, 0) is 14.3 Å². The second-order valence-corrected chi connectivity index (χ2v) is 7.08. The third kappa shape index (κ3) is 3.85. The van der Waals surface area contributed by atoms with Crippen molar-refractivity contribution in [1.29, 1.82) is 0 Å². The number of carbonyl (C=O) groups excluding carboxylic acids is 2. The minimum atomic E-state index is -0.950. The number of hydrazine groups is 1. The van der Waals surface area contributed by atoms with Gasteiger partial charge in [-0.15, -0.1) is 0 Å². The summed E-state index contributed by atoms with van der Waals surface area (Å²) in [6.07, 6.45) is -1.04. The van der Waals surface area contributed by atoms with Gasteiger partial charge in [-0.25, -0.2) is 10.6 Å². The molecule has 0 unspecified atom stereocenters. The molecule has 0 saturated carbocycles. The molecule has 0 aromatic heterocycles. The molecule has 1 rings (SSSR count). The molecular formula is C14H27N3O4. The molecule has 2 amide bonds. The lowest BCUT2D eigenvalue weighted by Gasteiger charge is -2.34. The zero-order chi connectivity index (χ0) is 16.6. The van der Waals surface area contributed by atoms with Gasteiger partial charge in [0, 0.05) is 0 Å². The van der Waals surface area contributed by atoms with Gasteiger partial charge in [0.1, 0.15) is 17.4 Å². The molecule has 0 radical (unpaired) electrons. The first-order valence-corrected chi connectivity index (χ1v) is 7.11. The number of rotatable bonds is 2. The number of hydrogen-bond donors (Lipinski definition) is 2. The Kier molecular flexibility index (Phi) is 4.90. The van der Waals surface area contributed by atoms with Gasteiger partial charge in [-0.1, -0.05) is 13.8 Å². The molecule has 1 saturated heterocycles. The molecule has 0 aliphatic carbocycles. The van der Waals surface area contributed by atoms with Crippen molar-refractivity contribution >= 4 is 12.0 Å². The number of carbonyl (C=O) groups is 2. The van der Waals surface area contributed by atoms with E-state index < -0.39 is 35.5 Å². The highest BCUT2D eigenvalue weighted by Gasteiger charge is 2.55. The Morgan fingerprint density at radius 1 is 1.33 bits per heavy atom. The van der Waals surface area contributed by atoms with E-state index in [1.54, 1.807) is 34.6 Å². The third-order valence-corrected chi connectivity index (χ3v) is 3.25. The molecule has 1 aliphatic rings. The minimum Gasteiger partial charge on any atom is -0.444 e. The lowest BCUT2D eigenvalue weighted by atomic mass is 9.99. The summed E-state index contributed by atoms with van der Waals surface area (Å²) in [4.78, 5) is 25.9. The maximum Gasteiger partial charge on any atom is 0.413 e. The number of nitrogens with one attached hydrogen (secondary N) is 1. The number of nitrogens with zero attached hydrogens (tertiary/aromatic N) is 1. The highest BCUT2D eigenvalue weighted by atomic mass is 16.6. The highest BCUT2D eigenvalue weighted by Crippen LogP contribution is 2.36. The van der Waals surface area contributed by atoms with Crippen molar-refractivity contribution in [3.8, 4) is 0 Å². The average Bonchev–Trinajstić information content (AvgIpc) is 2.57. The summed E-state index contributed by atoms with van der Waals surface area (Å²) in [6, 6.07) is -0.820. The Labute approximate surface area is 126 Å². The van der Waals surface area contributed by atoms with Crippen LogP contribution in [0.1, 0.15) is 48.5 Å². The van der Waals surface area contributed by atoms with Crippen LogP contribution >= 0.6 is 0 Å². The van der Waals surface area contributed by atoms with Crippen molar-refractivity contribution in [2.75, 3.05) is 0 Å². The van der Waals surface area contributed by atoms with E-state index in [0.717, 1.165) is 0 Å². The summed E-state index contributed by atoms with van der Waals surface area (Å²) in [5.41, 5.74) is 0.499. The zero-order valence-corrected chi connectivity index (χ0v) is 13.9. The Balaban J connectivity index is 3.16. The van der Waals surface area contributed by atoms with Gasteiger partial charge in [-0.2, -0.15) is 0 Å². The lowest BCUT2D eigenvalue weighted by Crippen LogP contribution is -2.57. The van der Waals surface area contributed by atoms with Gasteiger partial charge in [0.2, 0.25) is 0 Å². The lowest BCUT2D eigenvalue weighted by molar-refractivity contribution is -0.127. The summed E-state index contributed by atoms with van der Waals surface area (Å²) >= 11 is 0. The Morgan fingerprint density at radius 3 is 2.24 bits per heavy atom. The molecule has 0 bridgehead atoms. The number of ether oxygens (including phenoxy) is 2. The molecule has 0 spiro atoms. The summed E-state index contributed by atoms with van der Waals surface area (Å²) < 4.78 is 11.3. The molecule has 7 nitrogen and oxygen atoms in total. The number of amides is 2. The quantitative estimate of drug-likeness (QED) is 0.456. The second kappa shape index (κ2) is 5.81. The van der Waals surface area contributed by atoms with Crippen LogP contribution in [0, 0.1) is 5.92 Å². The van der Waals surface area contributed by atoms with E-state index in [1.807, 2.05) is 13.8 Å². The summed E-state index contributed by atoms with van der Waals surface area (Å²) in [7, 11) is 0. The van der Waals surface area contributed by atoms with Crippen LogP contribution < -0.4 is 11.3 Å². The van der Waals surface area contributed by atoms with Crippen molar-refractivity contribution in [1.82, 2.24) is 10.3 Å². The average molecular weight is 301 g/mol. The standard InChI is InChI=1S/C14H27N3O4/c1-8(2)10-9(11(18)16-15)17(14(6,7)20-10)12(19)21-13(3,4)5/h8-10H,15H2,1-7H3,(H,16,18)/t9-,10+/m0/s1. The fraction of sp³-hybridized carbons (Fsp3) is 0.857. The molecule has 2 atom stereocenters. The normalized spacial score (nSPS) is 25.1. The molecule has 0 aromatic rings. The van der Waals surface area contributed by atoms with Crippen LogP contribution in [0.25, 0.3) is 0 Å². The third-order valence-electron chi connectivity index (χ3n) is 3.25. The van der Waals surface area contributed by atoms with Gasteiger partial charge >= 0.3 is 6.09 Å². The van der Waals surface area contributed by atoms with Crippen molar-refractivity contribution < 1.29 is 19.1 Å². The Bertz CT molecular complexity index is 415. The van der Waals surface area contributed by atoms with E-state index in [0.29, 0.717) is 0 Å². The molecular weight excluding hydrogens is 274 g/mol. The predicted molar refractivity (Wildman–Crippen MR) is 78.0 cm³/mol. The van der Waals surface area contributed by atoms with Gasteiger partial charge in [0.15, 0.2) is 0 Å². The van der Waals surface area contributed by atoms with Crippen LogP contribution in [-0.4, -0.2) is 40.4 Å². The van der Waals surface area contributed by atoms with Crippen LogP contribution in [0.15, 0.2) is 0 Å². The predicted octanol–water partition coefficient (Wildman–Crippen LogP) is 1.37. The highest BCUT2D eigenvalue weighted by molar-refractivity contribution is 5.87. The fourth-order valence-electron chi connectivity index (χ4n) is 2.43. The molecule has 1 heterocycles. The summed E-state index contributed by atoms with van der Waals surface area (Å²) in [6.45, 7) is 12.6. The van der Waals surface area contributed by atoms with Gasteiger partial charge in [-0.05, 0) is 40.5 Å². The van der Waals surface area contributed by atoms with Crippen molar-refractivity contribution in [3.05, 3.63) is 0 Å². The van der Waals surface area contributed by atoms with Gasteiger partial charge in [0.05, 0.1) is 6.10 Å². The van der Waals surface area contributed by atoms with E-state index in [1.165, 1.54) is 4.90 Å². The summed E-state index contributed by atoms with van der Waals surface area (Å²) in [5.74, 6) is 4.83. The fourth-order valence-corrected chi connectivity index (χ4v) is 2.43. The first kappa shape index (κ1) is 17.7. The first-order valence-electron chi connectivity index (χ1n) is 7.11. The molecule has 1 aliphatic heterocycles. The largest absolute Gasteiger partial charge is 0.444 e. The maximum absolute atomic E-state index is 12.5. The number of hydrogen-bond acceptors (Lipinski definition) is 5. The van der Waals surface area contributed by atoms with Crippen LogP contribution in [0.5, 0.6) is 0 Å². The molecule has 122 valence electrons. The molecule has 3 N–H and O–H groups in total. The van der Waals surface area contributed by atoms with E-state index in [-0.39, 0.29) is 5.92 Å². The molecule has 7 heteroatoms. The monoisotopic (exact) mass is 301 g/mol. The molecule has 21 heavy (non-hydrogen) atoms. The second-order valence-electron chi connectivity index (χ2n) is 7.08. The van der Waals surface area contributed by atoms with E-state index >= 15 is 0 Å². The van der Waals surface area contributed by atoms with Gasteiger partial charge in [-0.3, -0.25) is 15.1 Å². The Morgan fingerprint density at radius 2 is 1.86 bits per heavy atom. The van der Waals surface area contributed by atoms with E-state index in [4.69, 9.17) is 15.3 Å². The smallest absolute Gasteiger partial charge is 0.413 e. The van der Waals surface area contributed by atoms with Crippen LogP contribution in [0.3, 0.4) is 0 Å². The van der Waals surface area contributed by atoms with E-state index in [2.05, 4.69) is 5.43 Å². The SMILES string of the molecule is CC(C)[C@H]1OC(C)(C)N(C(=O)OC(C)(C)C)[C@@H]1C(=O)NN. The summed E-state index contributed by atoms with van der Waals surface area (Å²) in [5, 5.41) is 0. The zero-order valence-electron chi connectivity index (χ0n) is 13.9. The van der Waals surface area contributed by atoms with Crippen molar-refractivity contribution in [2.24, 2.45) is 11.8 Å². The minimum absolute atomic E-state index is 0.0408.